The quantitative estimate of drug-likeness (QED) is 0.689. The number of allylic oxidation sites excluding steroid dienone is 4. The van der Waals surface area contributed by atoms with Gasteiger partial charge in [0.25, 0.3) is 5.91 Å². The van der Waals surface area contributed by atoms with E-state index >= 15 is 0 Å². The molecule has 0 spiro atoms. The number of benzene rings is 1. The molecule has 5 rings (SSSR count). The molecule has 0 N–H and O–H groups in total. The fraction of sp³-hybridized carbons (Fsp3) is 0.261. The summed E-state index contributed by atoms with van der Waals surface area (Å²) in [6.07, 6.45) is 16.5. The highest BCUT2D eigenvalue weighted by molar-refractivity contribution is 8.18. The number of nitrogens with zero attached hydrogens (tertiary/aromatic N) is 3. The molecule has 2 heterocycles. The Morgan fingerprint density at radius 2 is 1.96 bits per heavy atom. The summed E-state index contributed by atoms with van der Waals surface area (Å²) in [4.78, 5) is 25.3. The monoisotopic (exact) mass is 387 g/mol. The maximum absolute atomic E-state index is 13.3. The second kappa shape index (κ2) is 7.40. The standard InChI is InChI=1S/C23H21N3OS/c27-22-21(14-16-15-24-20-13-7-6-12-19(16)20)28-23(25-17-8-2-1-3-9-17)26(22)18-10-4-5-11-18/h1-3,6-9,12-15,18,20H,4-5,10-11H2/b21-14+,25-23?. The van der Waals surface area contributed by atoms with Crippen LogP contribution in [0.1, 0.15) is 25.7 Å². The molecule has 28 heavy (non-hydrogen) atoms. The molecule has 1 aromatic carbocycles. The van der Waals surface area contributed by atoms with E-state index in [2.05, 4.69) is 17.1 Å². The number of para-hydroxylation sites is 1. The molecule has 140 valence electrons. The van der Waals surface area contributed by atoms with E-state index in [0.717, 1.165) is 39.7 Å². The van der Waals surface area contributed by atoms with Gasteiger partial charge in [0.2, 0.25) is 0 Å². The molecule has 2 aliphatic heterocycles. The van der Waals surface area contributed by atoms with Crippen LogP contribution in [0.2, 0.25) is 0 Å². The van der Waals surface area contributed by atoms with E-state index in [1.54, 1.807) is 0 Å². The first-order chi connectivity index (χ1) is 13.8. The number of hydrogen-bond acceptors (Lipinski definition) is 4. The number of fused-ring (bicyclic) bond motifs is 1. The Morgan fingerprint density at radius 1 is 1.14 bits per heavy atom. The number of thioether (sulfide) groups is 1. The molecular formula is C23H21N3OS. The molecule has 1 atom stereocenters. The fourth-order valence-electron chi connectivity index (χ4n) is 4.09. The molecule has 1 unspecified atom stereocenters. The van der Waals surface area contributed by atoms with Crippen LogP contribution in [-0.4, -0.2) is 34.3 Å². The number of carbonyl (C=O) groups excluding carboxylic acids is 1. The van der Waals surface area contributed by atoms with E-state index in [-0.39, 0.29) is 18.0 Å². The van der Waals surface area contributed by atoms with Gasteiger partial charge in [0.05, 0.1) is 16.6 Å². The Hall–Kier alpha value is -2.66. The highest BCUT2D eigenvalue weighted by Gasteiger charge is 2.39. The second-order valence-corrected chi connectivity index (χ2v) is 8.34. The zero-order chi connectivity index (χ0) is 18.9. The van der Waals surface area contributed by atoms with Crippen LogP contribution in [0.15, 0.2) is 86.7 Å². The first kappa shape index (κ1) is 17.4. The number of carbonyl (C=O) groups is 1. The zero-order valence-electron chi connectivity index (χ0n) is 15.5. The fourth-order valence-corrected chi connectivity index (χ4v) is 5.14. The van der Waals surface area contributed by atoms with Gasteiger partial charge in [-0.2, -0.15) is 0 Å². The van der Waals surface area contributed by atoms with Crippen molar-refractivity contribution in [1.29, 1.82) is 0 Å². The van der Waals surface area contributed by atoms with Crippen LogP contribution in [0.4, 0.5) is 5.69 Å². The third-order valence-corrected chi connectivity index (χ3v) is 6.48. The predicted molar refractivity (Wildman–Crippen MR) is 116 cm³/mol. The number of hydrogen-bond donors (Lipinski definition) is 0. The summed E-state index contributed by atoms with van der Waals surface area (Å²) in [6.45, 7) is 0. The second-order valence-electron chi connectivity index (χ2n) is 7.33. The summed E-state index contributed by atoms with van der Waals surface area (Å²) >= 11 is 1.48. The molecule has 2 aliphatic carbocycles. The van der Waals surface area contributed by atoms with Crippen LogP contribution in [0.25, 0.3) is 0 Å². The van der Waals surface area contributed by atoms with Crippen molar-refractivity contribution in [2.45, 2.75) is 37.8 Å². The van der Waals surface area contributed by atoms with Gasteiger partial charge in [-0.1, -0.05) is 55.3 Å². The molecule has 2 fully saturated rings. The van der Waals surface area contributed by atoms with Gasteiger partial charge in [-0.05, 0) is 54.0 Å². The molecule has 0 aromatic heterocycles. The van der Waals surface area contributed by atoms with Gasteiger partial charge < -0.3 is 0 Å². The van der Waals surface area contributed by atoms with Crippen molar-refractivity contribution in [3.05, 3.63) is 76.8 Å². The Balaban J connectivity index is 1.51. The van der Waals surface area contributed by atoms with Gasteiger partial charge in [0, 0.05) is 12.3 Å². The first-order valence-electron chi connectivity index (χ1n) is 9.79. The summed E-state index contributed by atoms with van der Waals surface area (Å²) in [5.41, 5.74) is 3.06. The van der Waals surface area contributed by atoms with Gasteiger partial charge >= 0.3 is 0 Å². The third-order valence-electron chi connectivity index (χ3n) is 5.50. The molecular weight excluding hydrogens is 366 g/mol. The van der Waals surface area contributed by atoms with E-state index in [9.17, 15) is 4.79 Å². The Kier molecular flexibility index (Phi) is 4.61. The van der Waals surface area contributed by atoms with Crippen molar-refractivity contribution < 1.29 is 4.79 Å². The van der Waals surface area contributed by atoms with E-state index in [1.165, 1.54) is 24.6 Å². The predicted octanol–water partition coefficient (Wildman–Crippen LogP) is 4.95. The topological polar surface area (TPSA) is 45.0 Å². The highest BCUT2D eigenvalue weighted by Crippen LogP contribution is 2.39. The van der Waals surface area contributed by atoms with E-state index in [0.29, 0.717) is 0 Å². The van der Waals surface area contributed by atoms with Crippen LogP contribution in [0.3, 0.4) is 0 Å². The molecule has 1 saturated heterocycles. The zero-order valence-corrected chi connectivity index (χ0v) is 16.3. The maximum Gasteiger partial charge on any atom is 0.267 e. The van der Waals surface area contributed by atoms with Crippen LogP contribution >= 0.6 is 11.8 Å². The summed E-state index contributed by atoms with van der Waals surface area (Å²) in [5, 5.41) is 0.797. The van der Waals surface area contributed by atoms with E-state index in [1.807, 2.05) is 59.7 Å². The Morgan fingerprint density at radius 3 is 2.79 bits per heavy atom. The molecule has 1 aromatic rings. The van der Waals surface area contributed by atoms with Crippen molar-refractivity contribution >= 4 is 34.7 Å². The first-order valence-corrected chi connectivity index (χ1v) is 10.6. The van der Waals surface area contributed by atoms with Gasteiger partial charge in [-0.3, -0.25) is 14.7 Å². The van der Waals surface area contributed by atoms with Crippen LogP contribution < -0.4 is 0 Å². The number of amidine groups is 1. The molecule has 1 saturated carbocycles. The lowest BCUT2D eigenvalue weighted by molar-refractivity contribution is -0.123. The summed E-state index contributed by atoms with van der Waals surface area (Å²) in [7, 11) is 0. The van der Waals surface area contributed by atoms with Crippen molar-refractivity contribution in [3.63, 3.8) is 0 Å². The normalized spacial score (nSPS) is 27.1. The van der Waals surface area contributed by atoms with Crippen LogP contribution in [0, 0.1) is 0 Å². The summed E-state index contributed by atoms with van der Waals surface area (Å²) in [6, 6.07) is 10.2. The Bertz CT molecular complexity index is 978. The van der Waals surface area contributed by atoms with Gasteiger partial charge in [0.1, 0.15) is 0 Å². The minimum absolute atomic E-state index is 0.0758. The molecule has 4 nitrogen and oxygen atoms in total. The van der Waals surface area contributed by atoms with Crippen molar-refractivity contribution in [3.8, 4) is 0 Å². The molecule has 0 radical (unpaired) electrons. The van der Waals surface area contributed by atoms with E-state index < -0.39 is 0 Å². The summed E-state index contributed by atoms with van der Waals surface area (Å²) in [5.74, 6) is 0.0758. The minimum Gasteiger partial charge on any atom is -0.283 e. The average molecular weight is 388 g/mol. The molecule has 5 heteroatoms. The summed E-state index contributed by atoms with van der Waals surface area (Å²) < 4.78 is 0. The smallest absolute Gasteiger partial charge is 0.267 e. The minimum atomic E-state index is 0.0758. The Labute approximate surface area is 169 Å². The highest BCUT2D eigenvalue weighted by atomic mass is 32.2. The average Bonchev–Trinajstić information content (AvgIpc) is 3.44. The lowest BCUT2D eigenvalue weighted by Crippen LogP contribution is -2.37. The lowest BCUT2D eigenvalue weighted by Gasteiger charge is -2.22. The lowest BCUT2D eigenvalue weighted by atomic mass is 10.00. The van der Waals surface area contributed by atoms with Gasteiger partial charge in [-0.25, -0.2) is 4.99 Å². The molecule has 1 amide bonds. The number of amides is 1. The van der Waals surface area contributed by atoms with Crippen molar-refractivity contribution in [2.24, 2.45) is 9.98 Å². The van der Waals surface area contributed by atoms with Crippen molar-refractivity contribution in [1.82, 2.24) is 4.90 Å². The van der Waals surface area contributed by atoms with Gasteiger partial charge in [-0.15, -0.1) is 0 Å². The molecule has 4 aliphatic rings. The third kappa shape index (κ3) is 3.20. The van der Waals surface area contributed by atoms with E-state index in [4.69, 9.17) is 4.99 Å². The SMILES string of the molecule is O=C1/C(=C\C2=C3C=CC=CC3N=C2)SC(=Nc2ccccc2)N1C1CCCC1. The largest absolute Gasteiger partial charge is 0.283 e. The maximum atomic E-state index is 13.3. The van der Waals surface area contributed by atoms with Crippen molar-refractivity contribution in [2.75, 3.05) is 0 Å². The van der Waals surface area contributed by atoms with Crippen LogP contribution in [-0.2, 0) is 4.79 Å². The number of aliphatic imine (C=N–C) groups is 2. The molecule has 0 bridgehead atoms. The number of rotatable bonds is 3. The van der Waals surface area contributed by atoms with Crippen LogP contribution in [0.5, 0.6) is 0 Å². The van der Waals surface area contributed by atoms with Gasteiger partial charge in [0.15, 0.2) is 5.17 Å².